The van der Waals surface area contributed by atoms with E-state index in [-0.39, 0.29) is 17.4 Å². The third-order valence-electron chi connectivity index (χ3n) is 5.58. The maximum Gasteiger partial charge on any atom is 0.225 e. The molecule has 0 radical (unpaired) electrons. The molecule has 1 aromatic heterocycles. The van der Waals surface area contributed by atoms with Crippen LogP contribution < -0.4 is 10.2 Å². The lowest BCUT2D eigenvalue weighted by Gasteiger charge is -2.36. The summed E-state index contributed by atoms with van der Waals surface area (Å²) in [6.07, 6.45) is 5.01. The maximum atomic E-state index is 12.5. The summed E-state index contributed by atoms with van der Waals surface area (Å²) in [4.78, 5) is 18.8. The highest BCUT2D eigenvalue weighted by molar-refractivity contribution is 5.91. The van der Waals surface area contributed by atoms with Gasteiger partial charge in [-0.05, 0) is 55.6 Å². The fourth-order valence-electron chi connectivity index (χ4n) is 4.51. The van der Waals surface area contributed by atoms with Gasteiger partial charge in [0.2, 0.25) is 5.91 Å². The zero-order valence-corrected chi connectivity index (χ0v) is 14.0. The van der Waals surface area contributed by atoms with Gasteiger partial charge in [-0.2, -0.15) is 0 Å². The van der Waals surface area contributed by atoms with Crippen molar-refractivity contribution in [2.24, 2.45) is 0 Å². The Balaban J connectivity index is 1.79. The molecule has 124 valence electrons. The van der Waals surface area contributed by atoms with Gasteiger partial charge in [-0.3, -0.25) is 9.69 Å². The van der Waals surface area contributed by atoms with Crippen LogP contribution in [0.25, 0.3) is 0 Å². The van der Waals surface area contributed by atoms with Crippen molar-refractivity contribution >= 4 is 11.7 Å². The first-order valence-electron chi connectivity index (χ1n) is 8.72. The first-order chi connectivity index (χ1) is 11.7. The third-order valence-corrected chi connectivity index (χ3v) is 5.58. The first-order valence-corrected chi connectivity index (χ1v) is 8.72. The minimum atomic E-state index is 0.0551. The molecule has 1 aliphatic heterocycles. The van der Waals surface area contributed by atoms with Crippen molar-refractivity contribution in [1.29, 1.82) is 0 Å². The summed E-state index contributed by atoms with van der Waals surface area (Å²) in [6.45, 7) is 3.74. The second kappa shape index (κ2) is 6.02. The predicted molar refractivity (Wildman–Crippen MR) is 95.0 cm³/mol. The van der Waals surface area contributed by atoms with Gasteiger partial charge >= 0.3 is 0 Å². The van der Waals surface area contributed by atoms with Crippen molar-refractivity contribution in [2.75, 3.05) is 18.0 Å². The van der Waals surface area contributed by atoms with Gasteiger partial charge < -0.3 is 5.32 Å². The molecule has 0 saturated carbocycles. The number of amides is 1. The largest absolute Gasteiger partial charge is 0.317 e. The number of carbonyl (C=O) groups excluding carboxylic acids is 1. The molecule has 4 rings (SSSR count). The minimum absolute atomic E-state index is 0.0551. The van der Waals surface area contributed by atoms with E-state index in [2.05, 4.69) is 34.6 Å². The Kier molecular flexibility index (Phi) is 3.85. The van der Waals surface area contributed by atoms with Crippen molar-refractivity contribution in [3.8, 4) is 0 Å². The van der Waals surface area contributed by atoms with Crippen molar-refractivity contribution in [1.82, 2.24) is 10.3 Å². The van der Waals surface area contributed by atoms with Gasteiger partial charge in [0.15, 0.2) is 0 Å². The van der Waals surface area contributed by atoms with Crippen LogP contribution in [-0.4, -0.2) is 24.0 Å². The second-order valence-electron chi connectivity index (χ2n) is 6.91. The summed E-state index contributed by atoms with van der Waals surface area (Å²) in [5.41, 5.74) is 2.91. The molecule has 24 heavy (non-hydrogen) atoms. The van der Waals surface area contributed by atoms with Crippen molar-refractivity contribution in [3.05, 3.63) is 59.8 Å². The normalized spacial score (nSPS) is 21.5. The van der Waals surface area contributed by atoms with Gasteiger partial charge in [0.05, 0.1) is 6.04 Å². The lowest BCUT2D eigenvalue weighted by Crippen LogP contribution is -2.40. The number of nitrogens with one attached hydrogen (secondary N) is 1. The van der Waals surface area contributed by atoms with Crippen LogP contribution in [0.3, 0.4) is 0 Å². The Morgan fingerprint density at radius 2 is 1.92 bits per heavy atom. The van der Waals surface area contributed by atoms with E-state index in [1.54, 1.807) is 13.1 Å². The number of pyridine rings is 1. The maximum absolute atomic E-state index is 12.5. The molecule has 1 aliphatic carbocycles. The Bertz CT molecular complexity index is 738. The zero-order chi connectivity index (χ0) is 16.6. The minimum Gasteiger partial charge on any atom is -0.317 e. The van der Waals surface area contributed by atoms with Gasteiger partial charge in [-0.15, -0.1) is 0 Å². The Morgan fingerprint density at radius 1 is 1.17 bits per heavy atom. The van der Waals surface area contributed by atoms with E-state index < -0.39 is 0 Å². The fraction of sp³-hybridized carbons (Fsp3) is 0.400. The molecular weight excluding hydrogens is 298 g/mol. The van der Waals surface area contributed by atoms with Crippen LogP contribution in [0.2, 0.25) is 0 Å². The smallest absolute Gasteiger partial charge is 0.225 e. The van der Waals surface area contributed by atoms with E-state index in [1.165, 1.54) is 11.1 Å². The summed E-state index contributed by atoms with van der Waals surface area (Å²) in [6, 6.07) is 14.5. The highest BCUT2D eigenvalue weighted by Gasteiger charge is 2.46. The van der Waals surface area contributed by atoms with E-state index in [0.717, 1.165) is 38.2 Å². The number of fused-ring (bicyclic) bond motifs is 2. The molecule has 4 nitrogen and oxygen atoms in total. The van der Waals surface area contributed by atoms with Gasteiger partial charge in [0.25, 0.3) is 0 Å². The average molecular weight is 321 g/mol. The highest BCUT2D eigenvalue weighted by atomic mass is 16.2. The quantitative estimate of drug-likeness (QED) is 0.924. The van der Waals surface area contributed by atoms with Crippen LogP contribution in [0.4, 0.5) is 5.82 Å². The predicted octanol–water partition coefficient (Wildman–Crippen LogP) is 3.20. The molecular formula is C20H23N3O. The Labute approximate surface area is 142 Å². The van der Waals surface area contributed by atoms with E-state index in [0.29, 0.717) is 0 Å². The van der Waals surface area contributed by atoms with Gasteiger partial charge in [-0.25, -0.2) is 4.98 Å². The number of anilines is 1. The topological polar surface area (TPSA) is 45.2 Å². The molecule has 1 spiro atoms. The van der Waals surface area contributed by atoms with Crippen LogP contribution in [-0.2, 0) is 10.2 Å². The number of hydrogen-bond acceptors (Lipinski definition) is 3. The molecule has 2 heterocycles. The van der Waals surface area contributed by atoms with Gasteiger partial charge in [0, 0.05) is 18.5 Å². The van der Waals surface area contributed by atoms with E-state index in [4.69, 9.17) is 0 Å². The average Bonchev–Trinajstić information content (AvgIpc) is 2.91. The Morgan fingerprint density at radius 3 is 2.62 bits per heavy atom. The lowest BCUT2D eigenvalue weighted by molar-refractivity contribution is -0.117. The van der Waals surface area contributed by atoms with E-state index in [1.807, 2.05) is 23.1 Å². The highest BCUT2D eigenvalue weighted by Crippen LogP contribution is 2.52. The molecule has 4 heteroatoms. The molecule has 2 aliphatic rings. The Hall–Kier alpha value is -2.20. The molecule has 1 fully saturated rings. The first kappa shape index (κ1) is 15.3. The fourth-order valence-corrected chi connectivity index (χ4v) is 4.51. The third kappa shape index (κ3) is 2.42. The molecule has 1 saturated heterocycles. The van der Waals surface area contributed by atoms with Crippen LogP contribution in [0.5, 0.6) is 0 Å². The number of piperidine rings is 1. The molecule has 1 N–H and O–H groups in total. The summed E-state index contributed by atoms with van der Waals surface area (Å²) >= 11 is 0. The molecule has 1 amide bonds. The van der Waals surface area contributed by atoms with Gasteiger partial charge in [-0.1, -0.05) is 30.3 Å². The monoisotopic (exact) mass is 321 g/mol. The molecule has 1 atom stereocenters. The zero-order valence-electron chi connectivity index (χ0n) is 14.0. The SMILES string of the molecule is CC(=O)N(c1ccccn1)C1CC2(CCNCC2)c2ccccc21. The van der Waals surface area contributed by atoms with E-state index in [9.17, 15) is 4.79 Å². The van der Waals surface area contributed by atoms with Crippen molar-refractivity contribution < 1.29 is 4.79 Å². The van der Waals surface area contributed by atoms with Gasteiger partial charge in [0.1, 0.15) is 5.82 Å². The number of benzene rings is 1. The number of hydrogen-bond donors (Lipinski definition) is 1. The second-order valence-corrected chi connectivity index (χ2v) is 6.91. The molecule has 1 unspecified atom stereocenters. The summed E-state index contributed by atoms with van der Waals surface area (Å²) in [7, 11) is 0. The van der Waals surface area contributed by atoms with Crippen molar-refractivity contribution in [2.45, 2.75) is 37.6 Å². The molecule has 0 bridgehead atoms. The molecule has 2 aromatic rings. The van der Waals surface area contributed by atoms with Crippen LogP contribution >= 0.6 is 0 Å². The van der Waals surface area contributed by atoms with E-state index >= 15 is 0 Å². The molecule has 1 aromatic carbocycles. The lowest BCUT2D eigenvalue weighted by atomic mass is 9.74. The van der Waals surface area contributed by atoms with Crippen LogP contribution in [0.1, 0.15) is 43.4 Å². The summed E-state index contributed by atoms with van der Waals surface area (Å²) < 4.78 is 0. The summed E-state index contributed by atoms with van der Waals surface area (Å²) in [5, 5.41) is 3.47. The number of carbonyl (C=O) groups is 1. The standard InChI is InChI=1S/C20H23N3O/c1-15(24)23(19-8-4-5-11-22-19)18-14-20(9-12-21-13-10-20)17-7-3-2-6-16(17)18/h2-8,11,18,21H,9-10,12-14H2,1H3. The number of rotatable bonds is 2. The van der Waals surface area contributed by atoms with Crippen LogP contribution in [0.15, 0.2) is 48.7 Å². The number of nitrogens with zero attached hydrogens (tertiary/aromatic N) is 2. The van der Waals surface area contributed by atoms with Crippen LogP contribution in [0, 0.1) is 0 Å². The summed E-state index contributed by atoms with van der Waals surface area (Å²) in [5.74, 6) is 0.801. The number of aromatic nitrogens is 1. The van der Waals surface area contributed by atoms with Crippen molar-refractivity contribution in [3.63, 3.8) is 0 Å².